The Morgan fingerprint density at radius 1 is 1.25 bits per heavy atom. The number of hydrogen-bond donors (Lipinski definition) is 3. The monoisotopic (exact) mass is 495 g/mol. The van der Waals surface area contributed by atoms with Crippen molar-refractivity contribution >= 4 is 29.3 Å². The van der Waals surface area contributed by atoms with E-state index in [1.54, 1.807) is 23.2 Å². The summed E-state index contributed by atoms with van der Waals surface area (Å²) >= 11 is 0. The molecule has 2 aliphatic heterocycles. The van der Waals surface area contributed by atoms with Gasteiger partial charge in [0.25, 0.3) is 0 Å². The fraction of sp³-hybridized carbons (Fsp3) is 0.538. The molecule has 2 fully saturated rings. The zero-order valence-electron chi connectivity index (χ0n) is 20.5. The normalized spacial score (nSPS) is 19.9. The lowest BCUT2D eigenvalue weighted by atomic mass is 9.75. The van der Waals surface area contributed by atoms with E-state index in [4.69, 9.17) is 9.47 Å². The summed E-state index contributed by atoms with van der Waals surface area (Å²) in [5.41, 5.74) is 2.33. The lowest BCUT2D eigenvalue weighted by Crippen LogP contribution is -2.49. The Kier molecular flexibility index (Phi) is 6.95. The van der Waals surface area contributed by atoms with Gasteiger partial charge in [0.05, 0.1) is 17.4 Å². The number of nitrogens with one attached hydrogen (secondary N) is 3. The Morgan fingerprint density at radius 3 is 2.75 bits per heavy atom. The number of carbonyl (C=O) groups excluding carboxylic acids is 3. The lowest BCUT2D eigenvalue weighted by Gasteiger charge is -2.31. The molecule has 0 unspecified atom stereocenters. The second-order valence-electron chi connectivity index (χ2n) is 10.0. The number of imidazole rings is 1. The van der Waals surface area contributed by atoms with E-state index >= 15 is 0 Å². The Morgan fingerprint density at radius 2 is 2.03 bits per heavy atom. The largest absolute Gasteiger partial charge is 0.443 e. The van der Waals surface area contributed by atoms with Crippen LogP contribution in [0.4, 0.5) is 16.2 Å². The standard InChI is InChI=1S/C26H33N5O5/c1-31-14-19(27-16-31)15-36-25(34)30-22(17-5-3-2-4-6-17)23(32)28-18-7-8-20-21(13-18)29-24(33)26(20)9-11-35-12-10-26/h7-8,13-14,16-17,22H,2-6,9-12,15H2,1H3,(H,28,32)(H,29,33)(H,30,34)/t22-/m0/s1. The summed E-state index contributed by atoms with van der Waals surface area (Å²) < 4.78 is 12.6. The Bertz CT molecular complexity index is 1130. The van der Waals surface area contributed by atoms with Crippen molar-refractivity contribution in [3.05, 3.63) is 42.0 Å². The van der Waals surface area contributed by atoms with Crippen molar-refractivity contribution in [2.45, 2.75) is 63.0 Å². The molecule has 1 saturated carbocycles. The molecule has 36 heavy (non-hydrogen) atoms. The van der Waals surface area contributed by atoms with E-state index in [1.165, 1.54) is 0 Å². The van der Waals surface area contributed by atoms with Gasteiger partial charge in [-0.25, -0.2) is 9.78 Å². The van der Waals surface area contributed by atoms with Crippen LogP contribution < -0.4 is 16.0 Å². The van der Waals surface area contributed by atoms with Crippen molar-refractivity contribution < 1.29 is 23.9 Å². The third kappa shape index (κ3) is 4.95. The number of rotatable bonds is 6. The first-order valence-corrected chi connectivity index (χ1v) is 12.7. The third-order valence-corrected chi connectivity index (χ3v) is 7.62. The molecule has 1 aromatic heterocycles. The molecule has 1 spiro atoms. The number of benzene rings is 1. The van der Waals surface area contributed by atoms with Gasteiger partial charge in [0.2, 0.25) is 11.8 Å². The Balaban J connectivity index is 1.27. The highest BCUT2D eigenvalue weighted by atomic mass is 16.5. The van der Waals surface area contributed by atoms with Gasteiger partial charge < -0.3 is 30.0 Å². The second kappa shape index (κ2) is 10.3. The Hall–Kier alpha value is -3.40. The number of aromatic nitrogens is 2. The van der Waals surface area contributed by atoms with Crippen LogP contribution in [0.2, 0.25) is 0 Å². The van der Waals surface area contributed by atoms with Crippen molar-refractivity contribution in [3.8, 4) is 0 Å². The first-order chi connectivity index (χ1) is 17.4. The molecule has 192 valence electrons. The molecular formula is C26H33N5O5. The molecule has 1 aliphatic carbocycles. The second-order valence-corrected chi connectivity index (χ2v) is 10.0. The van der Waals surface area contributed by atoms with E-state index in [2.05, 4.69) is 20.9 Å². The average molecular weight is 496 g/mol. The lowest BCUT2D eigenvalue weighted by molar-refractivity contribution is -0.124. The number of aryl methyl sites for hydroxylation is 1. The highest BCUT2D eigenvalue weighted by Gasteiger charge is 2.47. The summed E-state index contributed by atoms with van der Waals surface area (Å²) in [5, 5.41) is 8.74. The molecule has 0 radical (unpaired) electrons. The number of hydrogen-bond acceptors (Lipinski definition) is 6. The zero-order chi connectivity index (χ0) is 25.1. The van der Waals surface area contributed by atoms with Crippen molar-refractivity contribution in [2.75, 3.05) is 23.8 Å². The number of nitrogens with zero attached hydrogens (tertiary/aromatic N) is 2. The van der Waals surface area contributed by atoms with Crippen LogP contribution in [0.3, 0.4) is 0 Å². The molecule has 5 rings (SSSR count). The van der Waals surface area contributed by atoms with Crippen LogP contribution in [-0.4, -0.2) is 46.7 Å². The summed E-state index contributed by atoms with van der Waals surface area (Å²) in [6.45, 7) is 1.13. The number of fused-ring (bicyclic) bond motifs is 2. The molecule has 0 bridgehead atoms. The molecule has 3 heterocycles. The van der Waals surface area contributed by atoms with Gasteiger partial charge in [0.15, 0.2) is 0 Å². The highest BCUT2D eigenvalue weighted by Crippen LogP contribution is 2.45. The van der Waals surface area contributed by atoms with Crippen LogP contribution in [0, 0.1) is 5.92 Å². The topological polar surface area (TPSA) is 124 Å². The number of carbonyl (C=O) groups is 3. The molecule has 1 atom stereocenters. The van der Waals surface area contributed by atoms with Crippen LogP contribution in [0.15, 0.2) is 30.7 Å². The van der Waals surface area contributed by atoms with Crippen LogP contribution in [0.25, 0.3) is 0 Å². The van der Waals surface area contributed by atoms with Gasteiger partial charge in [-0.05, 0) is 49.3 Å². The first-order valence-electron chi connectivity index (χ1n) is 12.7. The molecule has 10 heteroatoms. The van der Waals surface area contributed by atoms with E-state index in [9.17, 15) is 14.4 Å². The first kappa shape index (κ1) is 24.3. The van der Waals surface area contributed by atoms with E-state index in [-0.39, 0.29) is 24.3 Å². The minimum Gasteiger partial charge on any atom is -0.443 e. The minimum absolute atomic E-state index is 0.0123. The van der Waals surface area contributed by atoms with E-state index in [0.29, 0.717) is 37.4 Å². The number of ether oxygens (including phenoxy) is 2. The van der Waals surface area contributed by atoms with Gasteiger partial charge in [-0.3, -0.25) is 9.59 Å². The SMILES string of the molecule is Cn1cnc(COC(=O)N[C@H](C(=O)Nc2ccc3c(c2)NC(=O)C32CCOCC2)C2CCCCC2)c1. The number of amides is 3. The van der Waals surface area contributed by atoms with Crippen molar-refractivity contribution in [1.82, 2.24) is 14.9 Å². The summed E-state index contributed by atoms with van der Waals surface area (Å²) in [7, 11) is 1.84. The van der Waals surface area contributed by atoms with E-state index < -0.39 is 17.6 Å². The van der Waals surface area contributed by atoms with Crippen molar-refractivity contribution in [2.24, 2.45) is 13.0 Å². The van der Waals surface area contributed by atoms with Gasteiger partial charge in [0.1, 0.15) is 12.6 Å². The fourth-order valence-electron chi connectivity index (χ4n) is 5.66. The van der Waals surface area contributed by atoms with Gasteiger partial charge in [0, 0.05) is 37.8 Å². The van der Waals surface area contributed by atoms with Gasteiger partial charge in [-0.2, -0.15) is 0 Å². The molecule has 10 nitrogen and oxygen atoms in total. The maximum Gasteiger partial charge on any atom is 0.408 e. The fourth-order valence-corrected chi connectivity index (χ4v) is 5.66. The minimum atomic E-state index is -0.716. The predicted molar refractivity (Wildman–Crippen MR) is 132 cm³/mol. The van der Waals surface area contributed by atoms with E-state index in [0.717, 1.165) is 43.4 Å². The molecule has 2 aromatic rings. The molecule has 3 aliphatic rings. The summed E-state index contributed by atoms with van der Waals surface area (Å²) in [4.78, 5) is 42.9. The number of alkyl carbamates (subject to hydrolysis) is 1. The average Bonchev–Trinajstić information content (AvgIpc) is 3.42. The van der Waals surface area contributed by atoms with Crippen LogP contribution in [0.1, 0.15) is 56.2 Å². The van der Waals surface area contributed by atoms with Crippen molar-refractivity contribution in [3.63, 3.8) is 0 Å². The molecular weight excluding hydrogens is 462 g/mol. The summed E-state index contributed by atoms with van der Waals surface area (Å²) in [6.07, 6.45) is 8.96. The third-order valence-electron chi connectivity index (χ3n) is 7.62. The van der Waals surface area contributed by atoms with Crippen LogP contribution in [-0.2, 0) is 38.1 Å². The van der Waals surface area contributed by atoms with E-state index in [1.807, 2.05) is 19.2 Å². The van der Waals surface area contributed by atoms with Crippen LogP contribution >= 0.6 is 0 Å². The van der Waals surface area contributed by atoms with Gasteiger partial charge >= 0.3 is 6.09 Å². The predicted octanol–water partition coefficient (Wildman–Crippen LogP) is 3.23. The molecule has 1 saturated heterocycles. The summed E-state index contributed by atoms with van der Waals surface area (Å²) in [6, 6.07) is 4.82. The molecule has 1 aromatic carbocycles. The van der Waals surface area contributed by atoms with Crippen molar-refractivity contribution in [1.29, 1.82) is 0 Å². The van der Waals surface area contributed by atoms with Crippen LogP contribution in [0.5, 0.6) is 0 Å². The zero-order valence-corrected chi connectivity index (χ0v) is 20.5. The quantitative estimate of drug-likeness (QED) is 0.565. The molecule has 3 N–H and O–H groups in total. The molecule has 3 amide bonds. The summed E-state index contributed by atoms with van der Waals surface area (Å²) in [5.74, 6) is -0.274. The van der Waals surface area contributed by atoms with Gasteiger partial charge in [-0.1, -0.05) is 25.3 Å². The Labute approximate surface area is 210 Å². The highest BCUT2D eigenvalue weighted by molar-refractivity contribution is 6.07. The smallest absolute Gasteiger partial charge is 0.408 e. The number of anilines is 2. The maximum atomic E-state index is 13.4. The van der Waals surface area contributed by atoms with Gasteiger partial charge in [-0.15, -0.1) is 0 Å². The maximum absolute atomic E-state index is 13.4.